The first kappa shape index (κ1) is 40.5. The zero-order chi connectivity index (χ0) is 39.2. The summed E-state index contributed by atoms with van der Waals surface area (Å²) in [6, 6.07) is 0. The van der Waals surface area contributed by atoms with E-state index in [1.165, 1.54) is 0 Å². The van der Waals surface area contributed by atoms with Crippen LogP contribution in [0, 0.1) is 34.5 Å². The molecule has 6 N–H and O–H groups in total. The highest BCUT2D eigenvalue weighted by Crippen LogP contribution is 2.70. The standard InChI is InChI=1S/C41H64O14/c1-19-36(47)28(42)15-34(50-19)54-38-21(3)52-35(17-30(38)44)55-37-20(2)51-33(16-29(37)43)53-24-8-10-39(4)23(13-24)6-7-26-27(39)14-31(45)40(5)25(9-11-41(26,40)48)22-12-32(46)49-18-22/h12,19-21,23-31,33-38,42-45,47-48H,6-11,13-18H2,1-5H3/t19-,20-,21+,23+,24-,25-,26+,27-,28-,29-,30-,31+,33+,34+,35+,36-,37-,38+,39-,40-,41-/m0/s1. The molecule has 0 aromatic carbocycles. The number of hydrogen-bond acceptors (Lipinski definition) is 14. The first-order valence-corrected chi connectivity index (χ1v) is 20.9. The van der Waals surface area contributed by atoms with Crippen LogP contribution in [-0.4, -0.2) is 135 Å². The summed E-state index contributed by atoms with van der Waals surface area (Å²) in [7, 11) is 0. The lowest BCUT2D eigenvalue weighted by Gasteiger charge is -2.65. The summed E-state index contributed by atoms with van der Waals surface area (Å²) >= 11 is 0. The molecule has 312 valence electrons. The normalized spacial score (nSPS) is 55.5. The Balaban J connectivity index is 0.837. The molecule has 3 saturated heterocycles. The number of hydrogen-bond donors (Lipinski definition) is 6. The number of ether oxygens (including phenoxy) is 7. The maximum absolute atomic E-state index is 12.6. The Labute approximate surface area is 323 Å². The lowest BCUT2D eigenvalue weighted by molar-refractivity contribution is -0.336. The minimum Gasteiger partial charge on any atom is -0.458 e. The van der Waals surface area contributed by atoms with Gasteiger partial charge in [0.1, 0.15) is 24.9 Å². The Morgan fingerprint density at radius 2 is 1.29 bits per heavy atom. The van der Waals surface area contributed by atoms with Crippen LogP contribution in [0.5, 0.6) is 0 Å². The van der Waals surface area contributed by atoms with E-state index >= 15 is 0 Å². The lowest BCUT2D eigenvalue weighted by Crippen LogP contribution is -2.67. The number of aliphatic hydroxyl groups is 6. The van der Waals surface area contributed by atoms with Gasteiger partial charge in [-0.15, -0.1) is 0 Å². The van der Waals surface area contributed by atoms with E-state index in [9.17, 15) is 35.4 Å². The van der Waals surface area contributed by atoms with E-state index in [0.717, 1.165) is 44.1 Å². The second kappa shape index (κ2) is 15.1. The van der Waals surface area contributed by atoms with Crippen molar-refractivity contribution in [3.63, 3.8) is 0 Å². The van der Waals surface area contributed by atoms with E-state index in [0.29, 0.717) is 18.8 Å². The third-order valence-corrected chi connectivity index (χ3v) is 16.0. The molecule has 21 atom stereocenters. The fourth-order valence-corrected chi connectivity index (χ4v) is 12.8. The van der Waals surface area contributed by atoms with E-state index in [1.807, 2.05) is 13.8 Å². The molecule has 14 heteroatoms. The molecular formula is C41H64O14. The molecule has 7 fully saturated rings. The van der Waals surface area contributed by atoms with Crippen molar-refractivity contribution in [2.75, 3.05) is 6.61 Å². The molecule has 0 spiro atoms. The first-order valence-electron chi connectivity index (χ1n) is 20.9. The van der Waals surface area contributed by atoms with E-state index in [1.54, 1.807) is 19.9 Å². The predicted molar refractivity (Wildman–Crippen MR) is 193 cm³/mol. The number of cyclic esters (lactones) is 1. The predicted octanol–water partition coefficient (Wildman–Crippen LogP) is 2.22. The minimum absolute atomic E-state index is 0.0452. The monoisotopic (exact) mass is 780 g/mol. The number of esters is 1. The molecule has 14 nitrogen and oxygen atoms in total. The summed E-state index contributed by atoms with van der Waals surface area (Å²) in [5, 5.41) is 66.9. The van der Waals surface area contributed by atoms with Gasteiger partial charge in [-0.05, 0) is 107 Å². The molecule has 0 radical (unpaired) electrons. The van der Waals surface area contributed by atoms with Crippen molar-refractivity contribution < 1.29 is 68.6 Å². The van der Waals surface area contributed by atoms with Gasteiger partial charge in [0.2, 0.25) is 0 Å². The number of aliphatic hydroxyl groups excluding tert-OH is 5. The Bertz CT molecular complexity index is 1410. The smallest absolute Gasteiger partial charge is 0.331 e. The summed E-state index contributed by atoms with van der Waals surface area (Å²) in [5.74, 6) is 0.204. The summed E-state index contributed by atoms with van der Waals surface area (Å²) in [5.41, 5.74) is -0.892. The van der Waals surface area contributed by atoms with Crippen LogP contribution in [0.3, 0.4) is 0 Å². The lowest BCUT2D eigenvalue weighted by atomic mass is 9.42. The Kier molecular flexibility index (Phi) is 11.1. The highest BCUT2D eigenvalue weighted by atomic mass is 16.7. The summed E-state index contributed by atoms with van der Waals surface area (Å²) in [4.78, 5) is 11.9. The fourth-order valence-electron chi connectivity index (χ4n) is 12.8. The molecule has 55 heavy (non-hydrogen) atoms. The van der Waals surface area contributed by atoms with Crippen LogP contribution in [0.25, 0.3) is 0 Å². The van der Waals surface area contributed by atoms with Gasteiger partial charge in [0.05, 0.1) is 54.4 Å². The van der Waals surface area contributed by atoms with Crippen molar-refractivity contribution >= 4 is 5.97 Å². The molecule has 0 amide bonds. The van der Waals surface area contributed by atoms with Crippen LogP contribution in [-0.2, 0) is 38.0 Å². The largest absolute Gasteiger partial charge is 0.458 e. The van der Waals surface area contributed by atoms with Gasteiger partial charge >= 0.3 is 5.97 Å². The molecule has 0 aromatic rings. The van der Waals surface area contributed by atoms with Gasteiger partial charge in [0.15, 0.2) is 18.9 Å². The van der Waals surface area contributed by atoms with Crippen LogP contribution in [0.2, 0.25) is 0 Å². The van der Waals surface area contributed by atoms with Gasteiger partial charge in [-0.1, -0.05) is 13.8 Å². The average Bonchev–Trinajstić information content (AvgIpc) is 3.67. The number of carbonyl (C=O) groups is 1. The first-order chi connectivity index (χ1) is 26.0. The Hall–Kier alpha value is -1.27. The van der Waals surface area contributed by atoms with Crippen molar-refractivity contribution in [2.45, 2.75) is 197 Å². The van der Waals surface area contributed by atoms with Gasteiger partial charge in [0, 0.05) is 30.8 Å². The van der Waals surface area contributed by atoms with Gasteiger partial charge in [0.25, 0.3) is 0 Å². The molecule has 4 heterocycles. The zero-order valence-corrected chi connectivity index (χ0v) is 32.9. The molecule has 0 aromatic heterocycles. The number of fused-ring (bicyclic) bond motifs is 5. The average molecular weight is 781 g/mol. The minimum atomic E-state index is -1.01. The third-order valence-electron chi connectivity index (χ3n) is 16.0. The van der Waals surface area contributed by atoms with Crippen molar-refractivity contribution in [1.29, 1.82) is 0 Å². The van der Waals surface area contributed by atoms with E-state index in [-0.39, 0.29) is 61.1 Å². The SMILES string of the molecule is C[C@@H]1O[C@H](O[C@H]2[C@@H](O)C[C@@H](O[C@H]3[C@H](C)O[C@H](O[C@H]4CC[C@@]5(C)[C@H](CC[C@@H]6[C@@H]5C[C@@H](O)[C@]5(C)[C@H](C7=CC(=O)OC7)CC[C@]65O)C4)C[C@@H]3O)O[C@@H]2C)C[C@H](O)[C@H]1O. The van der Waals surface area contributed by atoms with Gasteiger partial charge in [-0.3, -0.25) is 0 Å². The quantitative estimate of drug-likeness (QED) is 0.162. The number of rotatable bonds is 7. The zero-order valence-electron chi connectivity index (χ0n) is 32.9. The van der Waals surface area contributed by atoms with Gasteiger partial charge in [-0.2, -0.15) is 0 Å². The summed E-state index contributed by atoms with van der Waals surface area (Å²) < 4.78 is 42.1. The molecule has 8 aliphatic rings. The molecule has 8 rings (SSSR count). The number of carbonyl (C=O) groups excluding carboxylic acids is 1. The topological polar surface area (TPSA) is 203 Å². The van der Waals surface area contributed by atoms with Crippen LogP contribution >= 0.6 is 0 Å². The van der Waals surface area contributed by atoms with E-state index in [4.69, 9.17) is 33.2 Å². The van der Waals surface area contributed by atoms with Crippen LogP contribution < -0.4 is 0 Å². The third kappa shape index (κ3) is 6.95. The van der Waals surface area contributed by atoms with Crippen LogP contribution in [0.4, 0.5) is 0 Å². The van der Waals surface area contributed by atoms with Gasteiger partial charge in [-0.25, -0.2) is 4.79 Å². The van der Waals surface area contributed by atoms with Crippen LogP contribution in [0.15, 0.2) is 11.6 Å². The second-order valence-electron chi connectivity index (χ2n) is 18.8. The Morgan fingerprint density at radius 3 is 1.87 bits per heavy atom. The molecule has 4 aliphatic heterocycles. The molecule has 0 bridgehead atoms. The van der Waals surface area contributed by atoms with Gasteiger partial charge < -0.3 is 63.8 Å². The van der Waals surface area contributed by atoms with E-state index in [2.05, 4.69) is 6.92 Å². The Morgan fingerprint density at radius 1 is 0.691 bits per heavy atom. The highest BCUT2D eigenvalue weighted by Gasteiger charge is 2.71. The second-order valence-corrected chi connectivity index (χ2v) is 18.8. The highest BCUT2D eigenvalue weighted by molar-refractivity contribution is 5.85. The van der Waals surface area contributed by atoms with Crippen molar-refractivity contribution in [3.8, 4) is 0 Å². The molecule has 4 aliphatic carbocycles. The van der Waals surface area contributed by atoms with Crippen molar-refractivity contribution in [3.05, 3.63) is 11.6 Å². The molecule has 0 unspecified atom stereocenters. The maximum Gasteiger partial charge on any atom is 0.331 e. The summed E-state index contributed by atoms with van der Waals surface area (Å²) in [6.07, 6.45) is -1.51. The maximum atomic E-state index is 12.6. The molecule has 4 saturated carbocycles. The van der Waals surface area contributed by atoms with Crippen molar-refractivity contribution in [2.24, 2.45) is 34.5 Å². The van der Waals surface area contributed by atoms with E-state index < -0.39 is 90.9 Å². The fraction of sp³-hybridized carbons (Fsp3) is 0.927. The van der Waals surface area contributed by atoms with Crippen molar-refractivity contribution in [1.82, 2.24) is 0 Å². The summed E-state index contributed by atoms with van der Waals surface area (Å²) in [6.45, 7) is 9.90. The molecular weight excluding hydrogens is 716 g/mol. The van der Waals surface area contributed by atoms with Crippen LogP contribution in [0.1, 0.15) is 105 Å².